The maximum absolute atomic E-state index is 13.1. The summed E-state index contributed by atoms with van der Waals surface area (Å²) in [6, 6.07) is 15.8. The van der Waals surface area contributed by atoms with Crippen molar-refractivity contribution >= 4 is 17.5 Å². The zero-order valence-corrected chi connectivity index (χ0v) is 15.1. The molecule has 0 bridgehead atoms. The second kappa shape index (κ2) is 7.40. The molecule has 6 heteroatoms. The molecule has 6 nitrogen and oxygen atoms in total. The molecule has 0 aromatic heterocycles. The summed E-state index contributed by atoms with van der Waals surface area (Å²) >= 11 is 0. The van der Waals surface area contributed by atoms with Crippen LogP contribution in [-0.2, 0) is 22.6 Å². The van der Waals surface area contributed by atoms with Gasteiger partial charge in [0, 0.05) is 37.3 Å². The first-order valence-electron chi connectivity index (χ1n) is 9.20. The van der Waals surface area contributed by atoms with E-state index in [-0.39, 0.29) is 18.4 Å². The lowest BCUT2D eigenvalue weighted by molar-refractivity contribution is -0.120. The van der Waals surface area contributed by atoms with Gasteiger partial charge in [0.1, 0.15) is 0 Å². The Labute approximate surface area is 158 Å². The standard InChI is InChI=1S/C21H23N3O3/c22-20(25)11-19-14-27-9-8-24(19)21(26)15-6-3-7-18(10-15)23-12-16-4-1-2-5-17(16)13-23/h1-7,10,19H,8-9,11-14H2,(H2,22,25). The zero-order chi connectivity index (χ0) is 18.8. The highest BCUT2D eigenvalue weighted by Gasteiger charge is 2.29. The summed E-state index contributed by atoms with van der Waals surface area (Å²) < 4.78 is 5.43. The fourth-order valence-electron chi connectivity index (χ4n) is 3.84. The lowest BCUT2D eigenvalue weighted by atomic mass is 10.1. The predicted octanol–water partition coefficient (Wildman–Crippen LogP) is 1.92. The number of benzene rings is 2. The summed E-state index contributed by atoms with van der Waals surface area (Å²) in [5, 5.41) is 0. The van der Waals surface area contributed by atoms with Crippen LogP contribution in [0.25, 0.3) is 0 Å². The van der Waals surface area contributed by atoms with Gasteiger partial charge in [0.15, 0.2) is 0 Å². The van der Waals surface area contributed by atoms with Crippen molar-refractivity contribution in [3.63, 3.8) is 0 Å². The average molecular weight is 365 g/mol. The van der Waals surface area contributed by atoms with Crippen LogP contribution in [0.4, 0.5) is 5.69 Å². The summed E-state index contributed by atoms with van der Waals surface area (Å²) in [7, 11) is 0. The molecule has 140 valence electrons. The number of hydrogen-bond donors (Lipinski definition) is 1. The second-order valence-electron chi connectivity index (χ2n) is 7.07. The Kier molecular flexibility index (Phi) is 4.81. The Balaban J connectivity index is 1.53. The van der Waals surface area contributed by atoms with Crippen molar-refractivity contribution in [2.45, 2.75) is 25.6 Å². The number of ether oxygens (including phenoxy) is 1. The van der Waals surface area contributed by atoms with Gasteiger partial charge in [-0.1, -0.05) is 30.3 Å². The topological polar surface area (TPSA) is 75.9 Å². The Morgan fingerprint density at radius 2 is 1.81 bits per heavy atom. The quantitative estimate of drug-likeness (QED) is 0.898. The van der Waals surface area contributed by atoms with E-state index in [1.807, 2.05) is 24.3 Å². The molecule has 1 saturated heterocycles. The van der Waals surface area contributed by atoms with Crippen LogP contribution in [-0.4, -0.2) is 42.5 Å². The van der Waals surface area contributed by atoms with Crippen molar-refractivity contribution < 1.29 is 14.3 Å². The van der Waals surface area contributed by atoms with Gasteiger partial charge < -0.3 is 20.3 Å². The number of nitrogens with two attached hydrogens (primary N) is 1. The molecular weight excluding hydrogens is 342 g/mol. The van der Waals surface area contributed by atoms with Crippen molar-refractivity contribution in [1.29, 1.82) is 0 Å². The largest absolute Gasteiger partial charge is 0.377 e. The summed E-state index contributed by atoms with van der Waals surface area (Å²) in [6.07, 6.45) is 0.118. The Morgan fingerprint density at radius 1 is 1.07 bits per heavy atom. The summed E-state index contributed by atoms with van der Waals surface area (Å²) in [4.78, 5) is 28.4. The van der Waals surface area contributed by atoms with Crippen LogP contribution in [0.15, 0.2) is 48.5 Å². The van der Waals surface area contributed by atoms with Gasteiger partial charge in [-0.2, -0.15) is 0 Å². The van der Waals surface area contributed by atoms with E-state index in [2.05, 4.69) is 29.2 Å². The number of hydrogen-bond acceptors (Lipinski definition) is 4. The maximum atomic E-state index is 13.1. The molecule has 1 atom stereocenters. The van der Waals surface area contributed by atoms with E-state index in [0.717, 1.165) is 18.8 Å². The van der Waals surface area contributed by atoms with Crippen molar-refractivity contribution in [3.8, 4) is 0 Å². The number of carbonyl (C=O) groups excluding carboxylic acids is 2. The zero-order valence-electron chi connectivity index (χ0n) is 15.1. The first-order valence-corrected chi connectivity index (χ1v) is 9.20. The minimum absolute atomic E-state index is 0.0805. The van der Waals surface area contributed by atoms with Gasteiger partial charge in [-0.25, -0.2) is 0 Å². The van der Waals surface area contributed by atoms with Crippen LogP contribution in [0, 0.1) is 0 Å². The third-order valence-electron chi connectivity index (χ3n) is 5.22. The van der Waals surface area contributed by atoms with Crippen molar-refractivity contribution in [3.05, 3.63) is 65.2 Å². The first kappa shape index (κ1) is 17.5. The SMILES string of the molecule is NC(=O)CC1COCCN1C(=O)c1cccc(N2Cc3ccccc3C2)c1. The van der Waals surface area contributed by atoms with Gasteiger partial charge in [-0.3, -0.25) is 9.59 Å². The number of amides is 2. The van der Waals surface area contributed by atoms with Crippen LogP contribution in [0.1, 0.15) is 27.9 Å². The van der Waals surface area contributed by atoms with Gasteiger partial charge in [0.25, 0.3) is 5.91 Å². The van der Waals surface area contributed by atoms with E-state index in [4.69, 9.17) is 10.5 Å². The van der Waals surface area contributed by atoms with Gasteiger partial charge in [0.05, 0.1) is 19.3 Å². The normalized spacial score (nSPS) is 19.0. The molecule has 0 radical (unpaired) electrons. The lowest BCUT2D eigenvalue weighted by Gasteiger charge is -2.35. The molecule has 2 aromatic rings. The minimum atomic E-state index is -0.424. The van der Waals surface area contributed by atoms with Crippen LogP contribution in [0.2, 0.25) is 0 Å². The second-order valence-corrected chi connectivity index (χ2v) is 7.07. The van der Waals surface area contributed by atoms with Gasteiger partial charge in [-0.05, 0) is 29.3 Å². The molecule has 1 fully saturated rings. The first-order chi connectivity index (χ1) is 13.1. The summed E-state index contributed by atoms with van der Waals surface area (Å²) in [5.74, 6) is -0.505. The molecule has 0 spiro atoms. The number of primary amides is 1. The smallest absolute Gasteiger partial charge is 0.254 e. The highest BCUT2D eigenvalue weighted by molar-refractivity contribution is 5.95. The number of morpholine rings is 1. The van der Waals surface area contributed by atoms with E-state index in [1.165, 1.54) is 11.1 Å². The molecule has 2 aliphatic heterocycles. The third kappa shape index (κ3) is 3.66. The Bertz CT molecular complexity index is 842. The van der Waals surface area contributed by atoms with E-state index in [0.29, 0.717) is 25.3 Å². The number of fused-ring (bicyclic) bond motifs is 1. The van der Waals surface area contributed by atoms with Crippen LogP contribution >= 0.6 is 0 Å². The average Bonchev–Trinajstić information content (AvgIpc) is 3.12. The fourth-order valence-corrected chi connectivity index (χ4v) is 3.84. The lowest BCUT2D eigenvalue weighted by Crippen LogP contribution is -2.50. The van der Waals surface area contributed by atoms with Gasteiger partial charge in [-0.15, -0.1) is 0 Å². The minimum Gasteiger partial charge on any atom is -0.377 e. The monoisotopic (exact) mass is 365 g/mol. The van der Waals surface area contributed by atoms with Crippen molar-refractivity contribution in [2.24, 2.45) is 5.73 Å². The van der Waals surface area contributed by atoms with Crippen LogP contribution < -0.4 is 10.6 Å². The van der Waals surface area contributed by atoms with Gasteiger partial charge in [0.2, 0.25) is 5.91 Å². The molecular formula is C21H23N3O3. The van der Waals surface area contributed by atoms with E-state index in [1.54, 1.807) is 4.90 Å². The fraction of sp³-hybridized carbons (Fsp3) is 0.333. The maximum Gasteiger partial charge on any atom is 0.254 e. The van der Waals surface area contributed by atoms with Crippen LogP contribution in [0.5, 0.6) is 0 Å². The van der Waals surface area contributed by atoms with Gasteiger partial charge >= 0.3 is 0 Å². The molecule has 2 amide bonds. The van der Waals surface area contributed by atoms with E-state index < -0.39 is 5.91 Å². The predicted molar refractivity (Wildman–Crippen MR) is 102 cm³/mol. The number of anilines is 1. The molecule has 1 unspecified atom stereocenters. The molecule has 0 aliphatic carbocycles. The van der Waals surface area contributed by atoms with Crippen LogP contribution in [0.3, 0.4) is 0 Å². The van der Waals surface area contributed by atoms with Crippen molar-refractivity contribution in [2.75, 3.05) is 24.7 Å². The molecule has 2 N–H and O–H groups in total. The highest BCUT2D eigenvalue weighted by atomic mass is 16.5. The number of rotatable bonds is 4. The molecule has 2 aliphatic rings. The Hall–Kier alpha value is -2.86. The Morgan fingerprint density at radius 3 is 2.52 bits per heavy atom. The molecule has 4 rings (SSSR count). The molecule has 0 saturated carbocycles. The van der Waals surface area contributed by atoms with E-state index in [9.17, 15) is 9.59 Å². The molecule has 2 heterocycles. The third-order valence-corrected chi connectivity index (χ3v) is 5.22. The van der Waals surface area contributed by atoms with E-state index >= 15 is 0 Å². The number of carbonyl (C=O) groups is 2. The molecule has 27 heavy (non-hydrogen) atoms. The highest BCUT2D eigenvalue weighted by Crippen LogP contribution is 2.29. The molecule has 2 aromatic carbocycles. The summed E-state index contributed by atoms with van der Waals surface area (Å²) in [6.45, 7) is 2.97. The van der Waals surface area contributed by atoms with Crippen molar-refractivity contribution in [1.82, 2.24) is 4.90 Å². The number of nitrogens with zero attached hydrogens (tertiary/aromatic N) is 2. The summed E-state index contributed by atoms with van der Waals surface area (Å²) in [5.41, 5.74) is 9.63.